The van der Waals surface area contributed by atoms with Crippen molar-refractivity contribution in [2.75, 3.05) is 6.61 Å². The molecule has 0 amide bonds. The Balaban J connectivity index is 2.72. The maximum Gasteiger partial charge on any atom is 0.0895 e. The van der Waals surface area contributed by atoms with Crippen molar-refractivity contribution < 1.29 is 4.74 Å². The molecule has 0 fully saturated rings. The van der Waals surface area contributed by atoms with Gasteiger partial charge in [-0.05, 0) is 35.4 Å². The molecule has 0 aliphatic carbocycles. The lowest BCUT2D eigenvalue weighted by Crippen LogP contribution is -2.11. The molecule has 0 saturated carbocycles. The molecule has 4 heteroatoms. The molecule has 14 heavy (non-hydrogen) atoms. The Kier molecular flexibility index (Phi) is 4.88. The molecule has 0 atom stereocenters. The van der Waals surface area contributed by atoms with Crippen molar-refractivity contribution in [1.29, 1.82) is 0 Å². The van der Waals surface area contributed by atoms with Gasteiger partial charge in [0.25, 0.3) is 0 Å². The molecule has 0 aromatic carbocycles. The standard InChI is InChI=1S/C10H17IN2O/c1-4-14-7-10-9(11)5-12-13(10)6-8(2)3/h5,8H,4,6-7H2,1-3H3. The Morgan fingerprint density at radius 3 is 2.86 bits per heavy atom. The fraction of sp³-hybridized carbons (Fsp3) is 0.700. The third-order valence-corrected chi connectivity index (χ3v) is 2.78. The van der Waals surface area contributed by atoms with Gasteiger partial charge in [-0.2, -0.15) is 5.10 Å². The number of hydrogen-bond donors (Lipinski definition) is 0. The van der Waals surface area contributed by atoms with E-state index in [9.17, 15) is 0 Å². The fourth-order valence-electron chi connectivity index (χ4n) is 1.23. The second-order valence-corrected chi connectivity index (χ2v) is 4.81. The van der Waals surface area contributed by atoms with E-state index in [0.717, 1.165) is 13.2 Å². The van der Waals surface area contributed by atoms with Gasteiger partial charge in [0, 0.05) is 13.2 Å². The number of rotatable bonds is 5. The summed E-state index contributed by atoms with van der Waals surface area (Å²) in [6.45, 7) is 8.78. The summed E-state index contributed by atoms with van der Waals surface area (Å²) in [6.07, 6.45) is 1.90. The van der Waals surface area contributed by atoms with Crippen molar-refractivity contribution in [3.63, 3.8) is 0 Å². The molecule has 0 unspecified atom stereocenters. The van der Waals surface area contributed by atoms with Gasteiger partial charge in [-0.25, -0.2) is 0 Å². The minimum Gasteiger partial charge on any atom is -0.375 e. The molecule has 0 saturated heterocycles. The molecule has 1 aromatic heterocycles. The molecule has 1 rings (SSSR count). The van der Waals surface area contributed by atoms with E-state index in [1.807, 2.05) is 17.8 Å². The average molecular weight is 308 g/mol. The molecule has 0 aliphatic heterocycles. The lowest BCUT2D eigenvalue weighted by atomic mass is 10.2. The minimum absolute atomic E-state index is 0.617. The zero-order valence-electron chi connectivity index (χ0n) is 8.96. The molecule has 0 N–H and O–H groups in total. The Bertz CT molecular complexity index is 284. The third-order valence-electron chi connectivity index (χ3n) is 1.88. The van der Waals surface area contributed by atoms with Crippen LogP contribution in [-0.4, -0.2) is 16.4 Å². The monoisotopic (exact) mass is 308 g/mol. The third kappa shape index (κ3) is 3.24. The first kappa shape index (κ1) is 12.0. The topological polar surface area (TPSA) is 27.1 Å². The summed E-state index contributed by atoms with van der Waals surface area (Å²) in [5, 5.41) is 4.34. The first-order valence-electron chi connectivity index (χ1n) is 4.93. The summed E-state index contributed by atoms with van der Waals surface area (Å²) in [5.74, 6) is 0.617. The smallest absolute Gasteiger partial charge is 0.0895 e. The van der Waals surface area contributed by atoms with Crippen LogP contribution in [0.25, 0.3) is 0 Å². The number of aromatic nitrogens is 2. The average Bonchev–Trinajstić information content (AvgIpc) is 2.44. The Labute approximate surface area is 99.0 Å². The van der Waals surface area contributed by atoms with Crippen LogP contribution in [0.4, 0.5) is 0 Å². The number of nitrogens with zero attached hydrogens (tertiary/aromatic N) is 2. The molecule has 0 bridgehead atoms. The van der Waals surface area contributed by atoms with Crippen molar-refractivity contribution in [2.24, 2.45) is 5.92 Å². The van der Waals surface area contributed by atoms with Crippen LogP contribution in [0.1, 0.15) is 26.5 Å². The van der Waals surface area contributed by atoms with E-state index in [-0.39, 0.29) is 0 Å². The normalized spacial score (nSPS) is 11.2. The van der Waals surface area contributed by atoms with E-state index in [4.69, 9.17) is 4.74 Å². The summed E-state index contributed by atoms with van der Waals surface area (Å²) in [6, 6.07) is 0. The van der Waals surface area contributed by atoms with Crippen molar-refractivity contribution in [2.45, 2.75) is 33.9 Å². The highest BCUT2D eigenvalue weighted by Crippen LogP contribution is 2.14. The summed E-state index contributed by atoms with van der Waals surface area (Å²) >= 11 is 2.30. The number of halogens is 1. The highest BCUT2D eigenvalue weighted by atomic mass is 127. The van der Waals surface area contributed by atoms with Crippen molar-refractivity contribution in [3.8, 4) is 0 Å². The quantitative estimate of drug-likeness (QED) is 0.782. The van der Waals surface area contributed by atoms with Gasteiger partial charge in [0.05, 0.1) is 22.1 Å². The van der Waals surface area contributed by atoms with E-state index < -0.39 is 0 Å². The van der Waals surface area contributed by atoms with Gasteiger partial charge in [0.1, 0.15) is 0 Å². The van der Waals surface area contributed by atoms with E-state index in [1.54, 1.807) is 0 Å². The fourth-order valence-corrected chi connectivity index (χ4v) is 1.79. The number of hydrogen-bond acceptors (Lipinski definition) is 2. The van der Waals surface area contributed by atoms with E-state index in [2.05, 4.69) is 41.5 Å². The summed E-state index contributed by atoms with van der Waals surface area (Å²) in [5.41, 5.74) is 1.20. The maximum atomic E-state index is 5.42. The first-order valence-corrected chi connectivity index (χ1v) is 6.01. The van der Waals surface area contributed by atoms with Gasteiger partial charge in [-0.3, -0.25) is 4.68 Å². The second kappa shape index (κ2) is 5.70. The second-order valence-electron chi connectivity index (χ2n) is 3.65. The molecule has 0 aliphatic rings. The van der Waals surface area contributed by atoms with Gasteiger partial charge in [-0.1, -0.05) is 13.8 Å². The zero-order chi connectivity index (χ0) is 10.6. The van der Waals surface area contributed by atoms with Crippen LogP contribution in [0.2, 0.25) is 0 Å². The van der Waals surface area contributed by atoms with Crippen LogP contribution in [0.5, 0.6) is 0 Å². The van der Waals surface area contributed by atoms with Gasteiger partial charge in [0.15, 0.2) is 0 Å². The predicted octanol–water partition coefficient (Wildman–Crippen LogP) is 2.68. The maximum absolute atomic E-state index is 5.42. The van der Waals surface area contributed by atoms with Gasteiger partial charge in [-0.15, -0.1) is 0 Å². The van der Waals surface area contributed by atoms with Crippen LogP contribution in [0.3, 0.4) is 0 Å². The molecule has 0 radical (unpaired) electrons. The largest absolute Gasteiger partial charge is 0.375 e. The minimum atomic E-state index is 0.617. The highest BCUT2D eigenvalue weighted by Gasteiger charge is 2.09. The first-order chi connectivity index (χ1) is 6.65. The summed E-state index contributed by atoms with van der Waals surface area (Å²) in [4.78, 5) is 0. The van der Waals surface area contributed by atoms with E-state index in [1.165, 1.54) is 9.26 Å². The predicted molar refractivity (Wildman–Crippen MR) is 65.1 cm³/mol. The molecular weight excluding hydrogens is 291 g/mol. The van der Waals surface area contributed by atoms with E-state index in [0.29, 0.717) is 12.5 Å². The Morgan fingerprint density at radius 1 is 1.57 bits per heavy atom. The molecular formula is C10H17IN2O. The molecule has 1 aromatic rings. The zero-order valence-corrected chi connectivity index (χ0v) is 11.1. The van der Waals surface area contributed by atoms with Gasteiger partial charge < -0.3 is 4.74 Å². The summed E-state index contributed by atoms with van der Waals surface area (Å²) < 4.78 is 8.65. The lowest BCUT2D eigenvalue weighted by Gasteiger charge is -2.10. The van der Waals surface area contributed by atoms with Crippen LogP contribution >= 0.6 is 22.6 Å². The van der Waals surface area contributed by atoms with Crippen molar-refractivity contribution >= 4 is 22.6 Å². The van der Waals surface area contributed by atoms with Crippen LogP contribution in [0.15, 0.2) is 6.20 Å². The summed E-state index contributed by atoms with van der Waals surface area (Å²) in [7, 11) is 0. The highest BCUT2D eigenvalue weighted by molar-refractivity contribution is 14.1. The molecule has 1 heterocycles. The number of ether oxygens (including phenoxy) is 1. The van der Waals surface area contributed by atoms with Gasteiger partial charge >= 0.3 is 0 Å². The Morgan fingerprint density at radius 2 is 2.29 bits per heavy atom. The van der Waals surface area contributed by atoms with Crippen molar-refractivity contribution in [3.05, 3.63) is 15.5 Å². The van der Waals surface area contributed by atoms with Crippen LogP contribution in [-0.2, 0) is 17.9 Å². The van der Waals surface area contributed by atoms with Crippen LogP contribution in [0, 0.1) is 9.49 Å². The lowest BCUT2D eigenvalue weighted by molar-refractivity contribution is 0.126. The van der Waals surface area contributed by atoms with Crippen LogP contribution < -0.4 is 0 Å². The SMILES string of the molecule is CCOCc1c(I)cnn1CC(C)C. The molecule has 3 nitrogen and oxygen atoms in total. The van der Waals surface area contributed by atoms with E-state index >= 15 is 0 Å². The van der Waals surface area contributed by atoms with Gasteiger partial charge in [0.2, 0.25) is 0 Å². The molecule has 80 valence electrons. The van der Waals surface area contributed by atoms with Crippen molar-refractivity contribution in [1.82, 2.24) is 9.78 Å². The molecule has 0 spiro atoms. The Hall–Kier alpha value is -0.100.